The molecular weight excluding hydrogens is 426 g/mol. The highest BCUT2D eigenvalue weighted by atomic mass is 35.5. The fraction of sp³-hybridized carbons (Fsp3) is 0.364. The molecule has 1 N–H and O–H groups in total. The number of halogens is 3. The Labute approximate surface area is 185 Å². The first kappa shape index (κ1) is 21.1. The van der Waals surface area contributed by atoms with Gasteiger partial charge in [-0.3, -0.25) is 9.67 Å². The minimum absolute atomic E-state index is 0.0278. The Morgan fingerprint density at radius 2 is 1.97 bits per heavy atom. The van der Waals surface area contributed by atoms with Gasteiger partial charge >= 0.3 is 0 Å². The van der Waals surface area contributed by atoms with Crippen molar-refractivity contribution in [2.45, 2.75) is 38.8 Å². The topological polar surface area (TPSA) is 52.0 Å². The molecule has 3 heterocycles. The molecule has 1 saturated heterocycles. The molecule has 1 aliphatic heterocycles. The highest BCUT2D eigenvalue weighted by Crippen LogP contribution is 2.36. The number of aromatic nitrogens is 3. The third kappa shape index (κ3) is 4.31. The largest absolute Gasteiger partial charge is 0.484 e. The molecule has 0 unspecified atom stereocenters. The van der Waals surface area contributed by atoms with Crippen LogP contribution in [0.2, 0.25) is 10.0 Å². The van der Waals surface area contributed by atoms with Crippen molar-refractivity contribution >= 4 is 23.2 Å². The zero-order valence-corrected chi connectivity index (χ0v) is 18.3. The molecule has 3 aromatic rings. The molecule has 5 nitrogen and oxygen atoms in total. The summed E-state index contributed by atoms with van der Waals surface area (Å²) in [6.07, 6.45) is 7.29. The SMILES string of the molecule is Cc1ncc(-c2cnn(C3CCNCC3)c2)cc1O[C@H](C)c1c(Cl)ccc(F)c1Cl. The zero-order chi connectivity index (χ0) is 21.3. The van der Waals surface area contributed by atoms with Crippen molar-refractivity contribution in [2.75, 3.05) is 13.1 Å². The van der Waals surface area contributed by atoms with E-state index in [1.165, 1.54) is 12.1 Å². The maximum absolute atomic E-state index is 13.9. The number of rotatable bonds is 5. The second-order valence-corrected chi connectivity index (χ2v) is 8.30. The lowest BCUT2D eigenvalue weighted by atomic mass is 10.1. The summed E-state index contributed by atoms with van der Waals surface area (Å²) in [4.78, 5) is 4.47. The molecular formula is C22H23Cl2FN4O. The van der Waals surface area contributed by atoms with Crippen molar-refractivity contribution < 1.29 is 9.13 Å². The van der Waals surface area contributed by atoms with Crippen molar-refractivity contribution in [3.63, 3.8) is 0 Å². The molecule has 8 heteroatoms. The van der Waals surface area contributed by atoms with Crippen LogP contribution in [0, 0.1) is 12.7 Å². The standard InChI is InChI=1S/C22H23Cl2FN4O/c1-13-20(30-14(2)21-18(23)3-4-19(25)22(21)24)9-15(10-27-13)16-11-28-29(12-16)17-5-7-26-8-6-17/h3-4,9-12,14,17,26H,5-8H2,1-2H3/t14-/m1/s1. The summed E-state index contributed by atoms with van der Waals surface area (Å²) in [5.41, 5.74) is 3.02. The van der Waals surface area contributed by atoms with E-state index in [-0.39, 0.29) is 5.02 Å². The highest BCUT2D eigenvalue weighted by molar-refractivity contribution is 6.36. The summed E-state index contributed by atoms with van der Waals surface area (Å²) in [7, 11) is 0. The Morgan fingerprint density at radius 1 is 1.20 bits per heavy atom. The van der Waals surface area contributed by atoms with Gasteiger partial charge in [-0.15, -0.1) is 0 Å². The van der Waals surface area contributed by atoms with Gasteiger partial charge in [-0.2, -0.15) is 5.10 Å². The van der Waals surface area contributed by atoms with Crippen LogP contribution in [-0.2, 0) is 0 Å². The normalized spacial score (nSPS) is 15.9. The lowest BCUT2D eigenvalue weighted by Crippen LogP contribution is -2.29. The number of aryl methyl sites for hydroxylation is 1. The number of nitrogens with zero attached hydrogens (tertiary/aromatic N) is 3. The molecule has 1 atom stereocenters. The van der Waals surface area contributed by atoms with Crippen molar-refractivity contribution in [1.29, 1.82) is 0 Å². The smallest absolute Gasteiger partial charge is 0.142 e. The molecule has 0 aliphatic carbocycles. The lowest BCUT2D eigenvalue weighted by Gasteiger charge is -2.22. The molecule has 30 heavy (non-hydrogen) atoms. The van der Waals surface area contributed by atoms with Gasteiger partial charge in [0.15, 0.2) is 0 Å². The average molecular weight is 449 g/mol. The molecule has 0 amide bonds. The van der Waals surface area contributed by atoms with Crippen LogP contribution in [0.5, 0.6) is 5.75 Å². The number of ether oxygens (including phenoxy) is 1. The van der Waals surface area contributed by atoms with Crippen molar-refractivity contribution in [2.24, 2.45) is 0 Å². The summed E-state index contributed by atoms with van der Waals surface area (Å²) in [6.45, 7) is 5.66. The second-order valence-electron chi connectivity index (χ2n) is 7.51. The minimum atomic E-state index is -0.547. The van der Waals surface area contributed by atoms with Crippen LogP contribution in [0.15, 0.2) is 36.8 Å². The van der Waals surface area contributed by atoms with Gasteiger partial charge in [0.05, 0.1) is 23.0 Å². The van der Waals surface area contributed by atoms with Gasteiger partial charge < -0.3 is 10.1 Å². The van der Waals surface area contributed by atoms with E-state index in [0.29, 0.717) is 22.4 Å². The first-order valence-electron chi connectivity index (χ1n) is 9.96. The van der Waals surface area contributed by atoms with E-state index in [0.717, 1.165) is 42.8 Å². The van der Waals surface area contributed by atoms with Crippen LogP contribution in [-0.4, -0.2) is 27.9 Å². The van der Waals surface area contributed by atoms with Crippen LogP contribution in [0.3, 0.4) is 0 Å². The maximum Gasteiger partial charge on any atom is 0.142 e. The van der Waals surface area contributed by atoms with E-state index in [1.54, 1.807) is 13.1 Å². The van der Waals surface area contributed by atoms with Crippen LogP contribution in [0.25, 0.3) is 11.1 Å². The summed E-state index contributed by atoms with van der Waals surface area (Å²) in [5, 5.41) is 8.26. The minimum Gasteiger partial charge on any atom is -0.484 e. The van der Waals surface area contributed by atoms with E-state index < -0.39 is 11.9 Å². The predicted octanol–water partition coefficient (Wildman–Crippen LogP) is 5.76. The summed E-state index contributed by atoms with van der Waals surface area (Å²) < 4.78 is 22.0. The van der Waals surface area contributed by atoms with Gasteiger partial charge in [0.1, 0.15) is 17.7 Å². The molecule has 158 valence electrons. The number of benzene rings is 1. The Bertz CT molecular complexity index is 1050. The van der Waals surface area contributed by atoms with Gasteiger partial charge in [-0.1, -0.05) is 23.2 Å². The number of nitrogens with one attached hydrogen (secondary N) is 1. The third-order valence-corrected chi connectivity index (χ3v) is 6.16. The first-order chi connectivity index (χ1) is 14.4. The maximum atomic E-state index is 13.9. The lowest BCUT2D eigenvalue weighted by molar-refractivity contribution is 0.224. The van der Waals surface area contributed by atoms with Gasteiger partial charge in [0.2, 0.25) is 0 Å². The first-order valence-corrected chi connectivity index (χ1v) is 10.7. The molecule has 0 spiro atoms. The number of pyridine rings is 1. The Hall–Kier alpha value is -2.15. The Morgan fingerprint density at radius 3 is 2.73 bits per heavy atom. The molecule has 2 aromatic heterocycles. The average Bonchev–Trinajstić information content (AvgIpc) is 3.24. The van der Waals surface area contributed by atoms with Crippen LogP contribution >= 0.6 is 23.2 Å². The van der Waals surface area contributed by atoms with E-state index in [1.807, 2.05) is 23.9 Å². The molecule has 4 rings (SSSR count). The number of piperidine rings is 1. The van der Waals surface area contributed by atoms with Gasteiger partial charge in [0.25, 0.3) is 0 Å². The molecule has 1 fully saturated rings. The highest BCUT2D eigenvalue weighted by Gasteiger charge is 2.20. The van der Waals surface area contributed by atoms with Crippen LogP contribution < -0.4 is 10.1 Å². The van der Waals surface area contributed by atoms with Crippen molar-refractivity contribution in [3.8, 4) is 16.9 Å². The van der Waals surface area contributed by atoms with E-state index >= 15 is 0 Å². The monoisotopic (exact) mass is 448 g/mol. The number of hydrogen-bond donors (Lipinski definition) is 1. The van der Waals surface area contributed by atoms with E-state index in [4.69, 9.17) is 27.9 Å². The summed E-state index contributed by atoms with van der Waals surface area (Å²) in [6, 6.07) is 5.05. The predicted molar refractivity (Wildman–Crippen MR) is 117 cm³/mol. The van der Waals surface area contributed by atoms with Crippen molar-refractivity contribution in [1.82, 2.24) is 20.1 Å². The van der Waals surface area contributed by atoms with Gasteiger partial charge in [-0.05, 0) is 58.0 Å². The van der Waals surface area contributed by atoms with Crippen molar-refractivity contribution in [3.05, 3.63) is 63.9 Å². The van der Waals surface area contributed by atoms with Crippen LogP contribution in [0.4, 0.5) is 4.39 Å². The quantitative estimate of drug-likeness (QED) is 0.503. The molecule has 0 radical (unpaired) electrons. The summed E-state index contributed by atoms with van der Waals surface area (Å²) >= 11 is 12.4. The molecule has 0 bridgehead atoms. The Balaban J connectivity index is 1.58. The molecule has 0 saturated carbocycles. The zero-order valence-electron chi connectivity index (χ0n) is 16.8. The van der Waals surface area contributed by atoms with E-state index in [9.17, 15) is 4.39 Å². The summed E-state index contributed by atoms with van der Waals surface area (Å²) in [5.74, 6) is 0.0615. The molecule has 1 aliphatic rings. The Kier molecular flexibility index (Phi) is 6.27. The number of hydrogen-bond acceptors (Lipinski definition) is 4. The molecule has 1 aromatic carbocycles. The second kappa shape index (κ2) is 8.92. The third-order valence-electron chi connectivity index (χ3n) is 5.45. The van der Waals surface area contributed by atoms with Gasteiger partial charge in [-0.25, -0.2) is 4.39 Å². The fourth-order valence-electron chi connectivity index (χ4n) is 3.71. The van der Waals surface area contributed by atoms with Gasteiger partial charge in [0, 0.05) is 34.1 Å². The van der Waals surface area contributed by atoms with E-state index in [2.05, 4.69) is 21.6 Å². The van der Waals surface area contributed by atoms with Crippen LogP contribution in [0.1, 0.15) is 43.2 Å². The fourth-order valence-corrected chi connectivity index (χ4v) is 4.39.